The van der Waals surface area contributed by atoms with E-state index in [0.29, 0.717) is 0 Å². The van der Waals surface area contributed by atoms with E-state index in [1.54, 1.807) is 0 Å². The molecule has 0 saturated heterocycles. The van der Waals surface area contributed by atoms with Gasteiger partial charge in [-0.1, -0.05) is 141 Å². The first-order valence-electron chi connectivity index (χ1n) is 16.6. The first-order valence-corrected chi connectivity index (χ1v) is 16.6. The molecule has 7 aromatic carbocycles. The minimum absolute atomic E-state index is 0.0307. The van der Waals surface area contributed by atoms with Gasteiger partial charge >= 0.3 is 0 Å². The van der Waals surface area contributed by atoms with Crippen molar-refractivity contribution in [2.75, 3.05) is 4.90 Å². The molecule has 0 atom stereocenters. The summed E-state index contributed by atoms with van der Waals surface area (Å²) in [5.74, 6) is 0. The van der Waals surface area contributed by atoms with Crippen LogP contribution < -0.4 is 4.90 Å². The predicted molar refractivity (Wildman–Crippen MR) is 195 cm³/mol. The van der Waals surface area contributed by atoms with Crippen LogP contribution in [0.1, 0.15) is 47.2 Å². The van der Waals surface area contributed by atoms with Crippen LogP contribution in [0, 0.1) is 0 Å². The summed E-state index contributed by atoms with van der Waals surface area (Å²) in [7, 11) is 0. The zero-order valence-electron chi connectivity index (χ0n) is 26.5. The molecule has 1 nitrogen and oxygen atoms in total. The van der Waals surface area contributed by atoms with Crippen molar-refractivity contribution in [3.63, 3.8) is 0 Å². The number of hydrogen-bond donors (Lipinski definition) is 0. The smallest absolute Gasteiger partial charge is 0.0726 e. The third-order valence-corrected chi connectivity index (χ3v) is 11.1. The van der Waals surface area contributed by atoms with Gasteiger partial charge in [0, 0.05) is 22.5 Å². The van der Waals surface area contributed by atoms with Gasteiger partial charge in [-0.2, -0.15) is 0 Å². The standard InChI is InChI=1S/C46H33N/c1-45(2)39-20-10-6-19-36(39)38-28-31(25-27-40(38)45)47(30-14-4-3-5-15-30)32-24-26-37-35-18-9-13-23-43(35)46(44(37)29-32)41-21-11-7-16-33(41)34-17-8-12-22-42(34)46/h3-29H,1-2H3. The molecule has 0 aromatic heterocycles. The molecule has 10 rings (SSSR count). The van der Waals surface area contributed by atoms with E-state index < -0.39 is 0 Å². The first-order chi connectivity index (χ1) is 23.1. The van der Waals surface area contributed by atoms with Gasteiger partial charge in [-0.15, -0.1) is 0 Å². The summed E-state index contributed by atoms with van der Waals surface area (Å²) in [6.07, 6.45) is 0. The van der Waals surface area contributed by atoms with E-state index in [-0.39, 0.29) is 10.8 Å². The molecular formula is C46H33N. The number of fused-ring (bicyclic) bond motifs is 13. The largest absolute Gasteiger partial charge is 0.310 e. The molecule has 1 spiro atoms. The van der Waals surface area contributed by atoms with Crippen molar-refractivity contribution < 1.29 is 0 Å². The molecule has 0 fully saturated rings. The second-order valence-corrected chi connectivity index (χ2v) is 13.7. The van der Waals surface area contributed by atoms with Crippen LogP contribution in [0.4, 0.5) is 17.1 Å². The van der Waals surface area contributed by atoms with E-state index in [2.05, 4.69) is 183 Å². The maximum Gasteiger partial charge on any atom is 0.0726 e. The number of hydrogen-bond acceptors (Lipinski definition) is 1. The van der Waals surface area contributed by atoms with E-state index in [9.17, 15) is 0 Å². The summed E-state index contributed by atoms with van der Waals surface area (Å²) >= 11 is 0. The normalized spacial score (nSPS) is 14.9. The van der Waals surface area contributed by atoms with Crippen molar-refractivity contribution in [2.24, 2.45) is 0 Å². The van der Waals surface area contributed by atoms with Crippen LogP contribution in [0.5, 0.6) is 0 Å². The highest BCUT2D eigenvalue weighted by atomic mass is 15.1. The van der Waals surface area contributed by atoms with Gasteiger partial charge in [-0.05, 0) is 103 Å². The van der Waals surface area contributed by atoms with Crippen molar-refractivity contribution >= 4 is 17.1 Å². The van der Waals surface area contributed by atoms with Crippen molar-refractivity contribution in [3.8, 4) is 33.4 Å². The van der Waals surface area contributed by atoms with Gasteiger partial charge in [-0.25, -0.2) is 0 Å². The summed E-state index contributed by atoms with van der Waals surface area (Å²) in [6, 6.07) is 61.1. The maximum atomic E-state index is 2.48. The van der Waals surface area contributed by atoms with Gasteiger partial charge in [0.2, 0.25) is 0 Å². The maximum absolute atomic E-state index is 2.48. The Balaban J connectivity index is 1.24. The molecule has 3 aliphatic rings. The van der Waals surface area contributed by atoms with Crippen molar-refractivity contribution in [1.29, 1.82) is 0 Å². The lowest BCUT2D eigenvalue weighted by Crippen LogP contribution is -2.26. The van der Waals surface area contributed by atoms with Crippen LogP contribution in [-0.4, -0.2) is 0 Å². The molecule has 0 heterocycles. The van der Waals surface area contributed by atoms with Gasteiger partial charge in [-0.3, -0.25) is 0 Å². The summed E-state index contributed by atoms with van der Waals surface area (Å²) < 4.78 is 0. The highest BCUT2D eigenvalue weighted by Gasteiger charge is 2.51. The van der Waals surface area contributed by atoms with E-state index >= 15 is 0 Å². The molecule has 0 aliphatic heterocycles. The van der Waals surface area contributed by atoms with Gasteiger partial charge in [0.1, 0.15) is 0 Å². The SMILES string of the molecule is CC1(C)c2ccccc2-c2cc(N(c3ccccc3)c3ccc4c(c3)C3(c5ccccc5-c5ccccc53)c3ccccc3-4)ccc21. The molecule has 0 saturated carbocycles. The minimum atomic E-state index is -0.377. The number of nitrogens with zero attached hydrogens (tertiary/aromatic N) is 1. The molecule has 0 bridgehead atoms. The topological polar surface area (TPSA) is 3.24 Å². The molecular weight excluding hydrogens is 567 g/mol. The Bertz CT molecular complexity index is 2330. The highest BCUT2D eigenvalue weighted by Crippen LogP contribution is 2.63. The van der Waals surface area contributed by atoms with E-state index in [4.69, 9.17) is 0 Å². The quantitative estimate of drug-likeness (QED) is 0.195. The van der Waals surface area contributed by atoms with Crippen LogP contribution in [0.25, 0.3) is 33.4 Å². The Hall–Kier alpha value is -5.66. The highest BCUT2D eigenvalue weighted by molar-refractivity contribution is 5.96. The molecule has 7 aromatic rings. The van der Waals surface area contributed by atoms with Crippen LogP contribution in [0.15, 0.2) is 164 Å². The Morgan fingerprint density at radius 3 is 1.34 bits per heavy atom. The lowest BCUT2D eigenvalue weighted by molar-refractivity contribution is 0.660. The Morgan fingerprint density at radius 2 is 0.745 bits per heavy atom. The second kappa shape index (κ2) is 9.44. The van der Waals surface area contributed by atoms with Gasteiger partial charge in [0.15, 0.2) is 0 Å². The van der Waals surface area contributed by atoms with Crippen LogP contribution in [-0.2, 0) is 10.8 Å². The molecule has 0 radical (unpaired) electrons. The zero-order chi connectivity index (χ0) is 31.3. The number of benzene rings is 7. The average molecular weight is 600 g/mol. The zero-order valence-corrected chi connectivity index (χ0v) is 26.5. The monoisotopic (exact) mass is 599 g/mol. The summed E-state index contributed by atoms with van der Waals surface area (Å²) in [5.41, 5.74) is 19.3. The van der Waals surface area contributed by atoms with Gasteiger partial charge in [0.25, 0.3) is 0 Å². The third kappa shape index (κ3) is 3.39. The van der Waals surface area contributed by atoms with Crippen LogP contribution >= 0.6 is 0 Å². The lowest BCUT2D eigenvalue weighted by atomic mass is 9.70. The molecule has 0 N–H and O–H groups in total. The average Bonchev–Trinajstić information content (AvgIpc) is 3.68. The summed E-state index contributed by atoms with van der Waals surface area (Å²) in [4.78, 5) is 2.44. The van der Waals surface area contributed by atoms with E-state index in [1.807, 2.05) is 0 Å². The fraction of sp³-hybridized carbons (Fsp3) is 0.0870. The lowest BCUT2D eigenvalue weighted by Gasteiger charge is -2.32. The molecule has 3 aliphatic carbocycles. The molecule has 1 heteroatoms. The second-order valence-electron chi connectivity index (χ2n) is 13.7. The minimum Gasteiger partial charge on any atom is -0.310 e. The summed E-state index contributed by atoms with van der Waals surface area (Å²) in [6.45, 7) is 4.70. The predicted octanol–water partition coefficient (Wildman–Crippen LogP) is 11.8. The van der Waals surface area contributed by atoms with Crippen LogP contribution in [0.2, 0.25) is 0 Å². The van der Waals surface area contributed by atoms with Crippen molar-refractivity contribution in [1.82, 2.24) is 0 Å². The summed E-state index contributed by atoms with van der Waals surface area (Å²) in [5, 5.41) is 0. The number of rotatable bonds is 3. The Morgan fingerprint density at radius 1 is 0.319 bits per heavy atom. The molecule has 47 heavy (non-hydrogen) atoms. The Labute approximate surface area is 276 Å². The van der Waals surface area contributed by atoms with Gasteiger partial charge < -0.3 is 4.90 Å². The fourth-order valence-corrected chi connectivity index (χ4v) is 9.09. The fourth-order valence-electron chi connectivity index (χ4n) is 9.09. The Kier molecular flexibility index (Phi) is 5.33. The van der Waals surface area contributed by atoms with E-state index in [1.165, 1.54) is 72.4 Å². The number of anilines is 3. The molecule has 0 amide bonds. The molecule has 222 valence electrons. The van der Waals surface area contributed by atoms with Crippen LogP contribution in [0.3, 0.4) is 0 Å². The van der Waals surface area contributed by atoms with Crippen molar-refractivity contribution in [3.05, 3.63) is 197 Å². The first kappa shape index (κ1) is 26.5. The van der Waals surface area contributed by atoms with Gasteiger partial charge in [0.05, 0.1) is 5.41 Å². The third-order valence-electron chi connectivity index (χ3n) is 11.1. The van der Waals surface area contributed by atoms with E-state index in [0.717, 1.165) is 11.4 Å². The van der Waals surface area contributed by atoms with Crippen molar-refractivity contribution in [2.45, 2.75) is 24.7 Å². The molecule has 0 unspecified atom stereocenters. The number of para-hydroxylation sites is 1.